The van der Waals surface area contributed by atoms with Crippen molar-refractivity contribution in [3.63, 3.8) is 0 Å². The van der Waals surface area contributed by atoms with Gasteiger partial charge in [0.2, 0.25) is 0 Å². The molecular weight excluding hydrogens is 441 g/mol. The second kappa shape index (κ2) is 13.9. The average molecular weight is 461 g/mol. The molecule has 0 atom stereocenters. The average Bonchev–Trinajstić information content (AvgIpc) is 2.62. The Kier molecular flexibility index (Phi) is 13.2. The molecule has 3 amide bonds. The zero-order valence-electron chi connectivity index (χ0n) is 14.1. The predicted octanol–water partition coefficient (Wildman–Crippen LogP) is -5.05. The van der Waals surface area contributed by atoms with Crippen LogP contribution < -0.4 is 26.5 Å². The number of halogens is 1. The van der Waals surface area contributed by atoms with Crippen molar-refractivity contribution in [2.45, 2.75) is 12.6 Å². The van der Waals surface area contributed by atoms with Gasteiger partial charge in [-0.15, -0.1) is 0 Å². The van der Waals surface area contributed by atoms with E-state index in [1.165, 1.54) is 4.90 Å². The van der Waals surface area contributed by atoms with Crippen molar-refractivity contribution >= 4 is 37.2 Å². The molecule has 4 radical (unpaired) electrons. The zero-order valence-corrected chi connectivity index (χ0v) is 16.2. The van der Waals surface area contributed by atoms with Crippen molar-refractivity contribution in [3.8, 4) is 0 Å². The zero-order chi connectivity index (χ0) is 19.2. The summed E-state index contributed by atoms with van der Waals surface area (Å²) in [7, 11) is 12.3. The number of hydrogen-bond donors (Lipinski definition) is 1. The van der Waals surface area contributed by atoms with Gasteiger partial charge in [0, 0.05) is 0 Å². The van der Waals surface area contributed by atoms with Gasteiger partial charge in [-0.3, -0.25) is 0 Å². The number of amides is 3. The Balaban J connectivity index is 4.48. The fourth-order valence-corrected chi connectivity index (χ4v) is 3.80. The SMILES string of the molecule is [B]CC(=O)N(CC[I-]C(=O)CN(CCNC)C(=O)C[B])CC(=O)N=O. The summed E-state index contributed by atoms with van der Waals surface area (Å²) in [5.41, 5.74) is 0. The quantitative estimate of drug-likeness (QED) is 0.0967. The molecule has 0 aromatic heterocycles. The van der Waals surface area contributed by atoms with Gasteiger partial charge in [-0.25, -0.2) is 0 Å². The van der Waals surface area contributed by atoms with E-state index in [1.54, 1.807) is 7.05 Å². The second-order valence-corrected chi connectivity index (χ2v) is 7.85. The van der Waals surface area contributed by atoms with Gasteiger partial charge in [0.05, 0.1) is 0 Å². The van der Waals surface area contributed by atoms with Crippen molar-refractivity contribution in [2.75, 3.05) is 44.2 Å². The Morgan fingerprint density at radius 1 is 1.00 bits per heavy atom. The van der Waals surface area contributed by atoms with E-state index in [-0.39, 0.29) is 35.4 Å². The molecule has 0 aliphatic rings. The molecule has 25 heavy (non-hydrogen) atoms. The van der Waals surface area contributed by atoms with Gasteiger partial charge in [-0.1, -0.05) is 0 Å². The third-order valence-corrected chi connectivity index (χ3v) is 5.24. The van der Waals surface area contributed by atoms with E-state index in [1.807, 2.05) is 0 Å². The first-order valence-corrected chi connectivity index (χ1v) is 10.1. The predicted molar refractivity (Wildman–Crippen MR) is 88.9 cm³/mol. The van der Waals surface area contributed by atoms with Crippen LogP contribution in [0.1, 0.15) is 0 Å². The van der Waals surface area contributed by atoms with Gasteiger partial charge >= 0.3 is 160 Å². The van der Waals surface area contributed by atoms with E-state index < -0.39 is 39.6 Å². The molecule has 0 bridgehead atoms. The molecule has 12 heteroatoms. The van der Waals surface area contributed by atoms with Crippen LogP contribution in [0.15, 0.2) is 5.18 Å². The molecule has 0 aliphatic carbocycles. The van der Waals surface area contributed by atoms with Crippen molar-refractivity contribution < 1.29 is 40.4 Å². The molecule has 0 spiro atoms. The van der Waals surface area contributed by atoms with Crippen LogP contribution in [0.2, 0.25) is 12.6 Å². The molecule has 0 saturated carbocycles. The summed E-state index contributed by atoms with van der Waals surface area (Å²) in [5, 5.41) is 5.13. The number of rotatable bonds is 13. The number of nitrogens with zero attached hydrogens (tertiary/aromatic N) is 3. The summed E-state index contributed by atoms with van der Waals surface area (Å²) in [5.74, 6) is -1.78. The Labute approximate surface area is 159 Å². The Morgan fingerprint density at radius 3 is 2.04 bits per heavy atom. The van der Waals surface area contributed by atoms with Gasteiger partial charge in [0.1, 0.15) is 0 Å². The first-order chi connectivity index (χ1) is 11.9. The van der Waals surface area contributed by atoms with Gasteiger partial charge in [0.25, 0.3) is 0 Å². The number of carbonyl (C=O) groups is 4. The minimum atomic E-state index is -0.974. The minimum absolute atomic E-state index is 0.0232. The van der Waals surface area contributed by atoms with Crippen LogP contribution in [-0.4, -0.2) is 91.2 Å². The maximum absolute atomic E-state index is 12.1. The van der Waals surface area contributed by atoms with Crippen molar-refractivity contribution in [1.82, 2.24) is 15.1 Å². The fraction of sp³-hybridized carbons (Fsp3) is 0.692. The number of carbonyl (C=O) groups excluding carboxylic acids is 4. The van der Waals surface area contributed by atoms with Crippen LogP contribution in [-0.2, 0) is 19.2 Å². The van der Waals surface area contributed by atoms with Crippen LogP contribution in [0, 0.1) is 4.91 Å². The Hall–Kier alpha value is -1.30. The van der Waals surface area contributed by atoms with E-state index in [4.69, 9.17) is 15.7 Å². The molecule has 1 N–H and O–H groups in total. The summed E-state index contributed by atoms with van der Waals surface area (Å²) in [6.07, 6.45) is -0.476. The Morgan fingerprint density at radius 2 is 1.56 bits per heavy atom. The first-order valence-electron chi connectivity index (χ1n) is 7.48. The fourth-order valence-electron chi connectivity index (χ4n) is 1.72. The molecule has 0 unspecified atom stereocenters. The van der Waals surface area contributed by atoms with Gasteiger partial charge in [-0.2, -0.15) is 0 Å². The molecule has 0 saturated heterocycles. The number of likely N-dealkylation sites (N-methyl/N-ethyl adjacent to an activating group) is 1. The van der Waals surface area contributed by atoms with E-state index in [0.29, 0.717) is 17.5 Å². The monoisotopic (exact) mass is 461 g/mol. The molecule has 0 heterocycles. The van der Waals surface area contributed by atoms with E-state index >= 15 is 0 Å². The molecular formula is C13H20B2IN4O5-. The van der Waals surface area contributed by atoms with Crippen LogP contribution in [0.5, 0.6) is 0 Å². The van der Waals surface area contributed by atoms with E-state index in [2.05, 4.69) is 10.5 Å². The first kappa shape index (κ1) is 23.7. The number of nitroso groups, excluding NO2 is 1. The molecule has 0 fully saturated rings. The molecule has 0 aliphatic heterocycles. The van der Waals surface area contributed by atoms with Crippen molar-refractivity contribution in [2.24, 2.45) is 5.18 Å². The van der Waals surface area contributed by atoms with Crippen LogP contribution >= 0.6 is 0 Å². The summed E-state index contributed by atoms with van der Waals surface area (Å²) < 4.78 is 0.295. The summed E-state index contributed by atoms with van der Waals surface area (Å²) in [6.45, 7) is 0.579. The number of alkyl halides is 1. The summed E-state index contributed by atoms with van der Waals surface area (Å²) >= 11 is -0.962. The number of hydrogen-bond acceptors (Lipinski definition) is 6. The number of nitrogens with one attached hydrogen (secondary N) is 1. The molecule has 9 nitrogen and oxygen atoms in total. The van der Waals surface area contributed by atoms with E-state index in [0.717, 1.165) is 4.90 Å². The molecule has 0 aromatic carbocycles. The van der Waals surface area contributed by atoms with Crippen LogP contribution in [0.25, 0.3) is 0 Å². The molecule has 0 aromatic rings. The maximum atomic E-state index is 12.1. The summed E-state index contributed by atoms with van der Waals surface area (Å²) in [6, 6.07) is 0. The van der Waals surface area contributed by atoms with Gasteiger partial charge in [0.15, 0.2) is 0 Å². The second-order valence-electron chi connectivity index (χ2n) is 4.81. The van der Waals surface area contributed by atoms with E-state index in [9.17, 15) is 24.1 Å². The van der Waals surface area contributed by atoms with Crippen molar-refractivity contribution in [1.29, 1.82) is 0 Å². The van der Waals surface area contributed by atoms with Crippen LogP contribution in [0.4, 0.5) is 0 Å². The third-order valence-electron chi connectivity index (χ3n) is 3.03. The van der Waals surface area contributed by atoms with Crippen molar-refractivity contribution in [3.05, 3.63) is 4.91 Å². The molecule has 0 rings (SSSR count). The third kappa shape index (κ3) is 10.3. The standard InChI is InChI=1S/C13H20B2IN4O5/c1-17-3-5-20(13(24)7-15)8-10(21)16-2-4-19(12(23)6-14)9-11(22)18-25/h17H,2-9H2,1H3/q-1. The van der Waals surface area contributed by atoms with Gasteiger partial charge < -0.3 is 0 Å². The topological polar surface area (TPSA) is 116 Å². The van der Waals surface area contributed by atoms with Crippen LogP contribution in [0.3, 0.4) is 0 Å². The normalized spacial score (nSPS) is 10.3. The van der Waals surface area contributed by atoms with Gasteiger partial charge in [-0.05, 0) is 0 Å². The Bertz CT molecular complexity index is 495. The molecule has 136 valence electrons. The summed E-state index contributed by atoms with van der Waals surface area (Å²) in [4.78, 5) is 59.1.